The van der Waals surface area contributed by atoms with E-state index in [1.807, 2.05) is 0 Å². The van der Waals surface area contributed by atoms with Gasteiger partial charge in [-0.05, 0) is 121 Å². The second-order valence-electron chi connectivity index (χ2n) is 15.9. The van der Waals surface area contributed by atoms with E-state index in [0.29, 0.717) is 0 Å². The minimum absolute atomic E-state index is 0.0486. The van der Waals surface area contributed by atoms with Gasteiger partial charge in [0, 0.05) is 32.1 Å². The van der Waals surface area contributed by atoms with Gasteiger partial charge in [-0.1, -0.05) is 165 Å². The van der Waals surface area contributed by atoms with Crippen molar-refractivity contribution in [2.24, 2.45) is 0 Å². The molecule has 260 valence electrons. The Labute approximate surface area is 326 Å². The van der Waals surface area contributed by atoms with Crippen molar-refractivity contribution in [1.82, 2.24) is 0 Å². The quantitative estimate of drug-likeness (QED) is 0.169. The van der Waals surface area contributed by atoms with Gasteiger partial charge in [-0.2, -0.15) is 0 Å². The van der Waals surface area contributed by atoms with E-state index in [0.717, 1.165) is 15.8 Å². The number of rotatable bonds is 5. The number of benzene rings is 8. The zero-order chi connectivity index (χ0) is 36.8. The average Bonchev–Trinajstić information content (AvgIpc) is 3.57. The molecule has 2 heteroatoms. The lowest BCUT2D eigenvalue weighted by Crippen LogP contribution is -2.16. The highest BCUT2D eigenvalue weighted by atomic mass is 79.9. The standard InChI is InChI=1S/C52H40BrN/c1-51(2)46-14-8-7-13-42(46)45-29-26-40(32-49(45)51)54(50-15-9-11-36-10-5-6-12-41(36)50)39-24-20-34(21-25-39)33-16-18-35(19-17-33)37-22-27-43-44-28-23-38(53)31-48(44)52(3,4)47(43)30-37/h5-32H,1-4H3. The molecule has 54 heavy (non-hydrogen) atoms. The Bertz CT molecular complexity index is 2760. The van der Waals surface area contributed by atoms with Crippen LogP contribution in [-0.4, -0.2) is 0 Å². The summed E-state index contributed by atoms with van der Waals surface area (Å²) in [6.45, 7) is 9.39. The monoisotopic (exact) mass is 757 g/mol. The van der Waals surface area contributed by atoms with E-state index in [1.165, 1.54) is 83.2 Å². The van der Waals surface area contributed by atoms with Gasteiger partial charge in [0.05, 0.1) is 5.69 Å². The smallest absolute Gasteiger partial charge is 0.0540 e. The Morgan fingerprint density at radius 3 is 1.65 bits per heavy atom. The van der Waals surface area contributed by atoms with Crippen LogP contribution in [0.15, 0.2) is 174 Å². The summed E-state index contributed by atoms with van der Waals surface area (Å²) in [5.41, 5.74) is 19.1. The molecule has 10 rings (SSSR count). The van der Waals surface area contributed by atoms with E-state index < -0.39 is 0 Å². The lowest BCUT2D eigenvalue weighted by molar-refractivity contribution is 0.660. The first kappa shape index (κ1) is 32.9. The predicted octanol–water partition coefficient (Wildman–Crippen LogP) is 15.0. The summed E-state index contributed by atoms with van der Waals surface area (Å²) >= 11 is 3.69. The van der Waals surface area contributed by atoms with Crippen molar-refractivity contribution in [2.45, 2.75) is 38.5 Å². The summed E-state index contributed by atoms with van der Waals surface area (Å²) < 4.78 is 1.13. The Morgan fingerprint density at radius 1 is 0.389 bits per heavy atom. The highest BCUT2D eigenvalue weighted by molar-refractivity contribution is 9.10. The third-order valence-corrected chi connectivity index (χ3v) is 12.6. The summed E-state index contributed by atoms with van der Waals surface area (Å²) in [5.74, 6) is 0. The zero-order valence-corrected chi connectivity index (χ0v) is 32.6. The molecule has 0 atom stereocenters. The maximum absolute atomic E-state index is 3.69. The highest BCUT2D eigenvalue weighted by Gasteiger charge is 2.37. The van der Waals surface area contributed by atoms with Crippen LogP contribution >= 0.6 is 15.9 Å². The Morgan fingerprint density at radius 2 is 0.889 bits per heavy atom. The number of hydrogen-bond donors (Lipinski definition) is 0. The molecule has 8 aromatic carbocycles. The number of fused-ring (bicyclic) bond motifs is 7. The van der Waals surface area contributed by atoms with Crippen LogP contribution in [0.5, 0.6) is 0 Å². The number of nitrogens with zero attached hydrogens (tertiary/aromatic N) is 1. The Balaban J connectivity index is 1.00. The molecule has 0 amide bonds. The van der Waals surface area contributed by atoms with E-state index in [4.69, 9.17) is 0 Å². The maximum Gasteiger partial charge on any atom is 0.0540 e. The molecule has 0 aliphatic heterocycles. The van der Waals surface area contributed by atoms with Crippen molar-refractivity contribution < 1.29 is 0 Å². The summed E-state index contributed by atoms with van der Waals surface area (Å²) in [5, 5.41) is 2.46. The van der Waals surface area contributed by atoms with Crippen molar-refractivity contribution >= 4 is 43.8 Å². The van der Waals surface area contributed by atoms with Crippen molar-refractivity contribution in [2.75, 3.05) is 4.90 Å². The van der Waals surface area contributed by atoms with Crippen molar-refractivity contribution in [3.05, 3.63) is 197 Å². The average molecular weight is 759 g/mol. The molecule has 2 aliphatic rings. The first-order valence-corrected chi connectivity index (χ1v) is 19.7. The molecule has 0 fully saturated rings. The number of hydrogen-bond acceptors (Lipinski definition) is 1. The van der Waals surface area contributed by atoms with Crippen molar-refractivity contribution in [3.63, 3.8) is 0 Å². The lowest BCUT2D eigenvalue weighted by atomic mass is 9.81. The minimum Gasteiger partial charge on any atom is -0.310 e. The van der Waals surface area contributed by atoms with E-state index in [2.05, 4.69) is 218 Å². The molecule has 2 aliphatic carbocycles. The zero-order valence-electron chi connectivity index (χ0n) is 31.0. The third kappa shape index (κ3) is 5.04. The Hall–Kier alpha value is -5.70. The van der Waals surface area contributed by atoms with Gasteiger partial charge in [0.25, 0.3) is 0 Å². The first-order chi connectivity index (χ1) is 26.2. The van der Waals surface area contributed by atoms with Crippen molar-refractivity contribution in [1.29, 1.82) is 0 Å². The van der Waals surface area contributed by atoms with Crippen LogP contribution in [0.2, 0.25) is 0 Å². The van der Waals surface area contributed by atoms with Crippen LogP contribution < -0.4 is 4.90 Å². The minimum atomic E-state index is -0.0825. The molecule has 0 bridgehead atoms. The van der Waals surface area contributed by atoms with E-state index >= 15 is 0 Å². The van der Waals surface area contributed by atoms with Crippen LogP contribution in [0.3, 0.4) is 0 Å². The highest BCUT2D eigenvalue weighted by Crippen LogP contribution is 2.52. The van der Waals surface area contributed by atoms with Crippen LogP contribution in [0.4, 0.5) is 17.1 Å². The fraction of sp³-hybridized carbons (Fsp3) is 0.115. The number of anilines is 3. The van der Waals surface area contributed by atoms with Crippen LogP contribution in [0, 0.1) is 0 Å². The summed E-state index contributed by atoms with van der Waals surface area (Å²) in [6.07, 6.45) is 0. The molecule has 0 aromatic heterocycles. The largest absolute Gasteiger partial charge is 0.310 e. The number of halogens is 1. The molecule has 0 saturated heterocycles. The summed E-state index contributed by atoms with van der Waals surface area (Å²) in [6, 6.07) is 63.0. The van der Waals surface area contributed by atoms with Gasteiger partial charge in [0.2, 0.25) is 0 Å². The molecule has 0 saturated carbocycles. The predicted molar refractivity (Wildman–Crippen MR) is 232 cm³/mol. The van der Waals surface area contributed by atoms with Crippen LogP contribution in [0.1, 0.15) is 49.9 Å². The van der Waals surface area contributed by atoms with Crippen LogP contribution in [0.25, 0.3) is 55.3 Å². The van der Waals surface area contributed by atoms with Gasteiger partial charge in [-0.3, -0.25) is 0 Å². The normalized spacial score (nSPS) is 14.3. The van der Waals surface area contributed by atoms with Gasteiger partial charge >= 0.3 is 0 Å². The molecule has 0 unspecified atom stereocenters. The second-order valence-corrected chi connectivity index (χ2v) is 16.8. The van der Waals surface area contributed by atoms with Gasteiger partial charge in [-0.15, -0.1) is 0 Å². The molecular formula is C52H40BrN. The molecule has 1 nitrogen and oxygen atoms in total. The maximum atomic E-state index is 3.69. The topological polar surface area (TPSA) is 3.24 Å². The summed E-state index contributed by atoms with van der Waals surface area (Å²) in [7, 11) is 0. The van der Waals surface area contributed by atoms with Gasteiger partial charge in [-0.25, -0.2) is 0 Å². The van der Waals surface area contributed by atoms with Crippen molar-refractivity contribution in [3.8, 4) is 44.5 Å². The van der Waals surface area contributed by atoms with Gasteiger partial charge in [0.15, 0.2) is 0 Å². The summed E-state index contributed by atoms with van der Waals surface area (Å²) in [4.78, 5) is 2.43. The van der Waals surface area contributed by atoms with Gasteiger partial charge < -0.3 is 4.90 Å². The second kappa shape index (κ2) is 12.2. The lowest BCUT2D eigenvalue weighted by Gasteiger charge is -2.29. The molecule has 0 N–H and O–H groups in total. The SMILES string of the molecule is CC1(C)c2cc(Br)ccc2-c2ccc(-c3ccc(-c4ccc(N(c5ccc6c(c5)C(C)(C)c5ccccc5-6)c5cccc6ccccc56)cc4)cc3)cc21. The Kier molecular flexibility index (Phi) is 7.41. The molecule has 8 aromatic rings. The molecular weight excluding hydrogens is 718 g/mol. The van der Waals surface area contributed by atoms with Gasteiger partial charge in [0.1, 0.15) is 0 Å². The van der Waals surface area contributed by atoms with E-state index in [1.54, 1.807) is 0 Å². The molecule has 0 heterocycles. The third-order valence-electron chi connectivity index (χ3n) is 12.1. The fourth-order valence-electron chi connectivity index (χ4n) is 9.21. The fourth-order valence-corrected chi connectivity index (χ4v) is 9.57. The van der Waals surface area contributed by atoms with Crippen LogP contribution in [-0.2, 0) is 10.8 Å². The van der Waals surface area contributed by atoms with E-state index in [9.17, 15) is 0 Å². The van der Waals surface area contributed by atoms with E-state index in [-0.39, 0.29) is 10.8 Å². The molecule has 0 spiro atoms. The molecule has 0 radical (unpaired) electrons. The first-order valence-electron chi connectivity index (χ1n) is 18.9.